The molecule has 1 unspecified atom stereocenters. The van der Waals surface area contributed by atoms with Gasteiger partial charge in [-0.2, -0.15) is 0 Å². The summed E-state index contributed by atoms with van der Waals surface area (Å²) in [6.07, 6.45) is -1.01. The molecule has 5 nitrogen and oxygen atoms in total. The molecule has 0 aliphatic rings. The standard InChI is InChI=1S/C15H14FNO4/c1-10-7-12(16)5-6-15(10)21-9-14(18)11-3-2-4-13(8-11)17(19)20/h2-8,14,18H,9H2,1H3. The van der Waals surface area contributed by atoms with Crippen LogP contribution in [-0.4, -0.2) is 16.6 Å². The number of aliphatic hydroxyl groups is 1. The molecule has 21 heavy (non-hydrogen) atoms. The number of hydrogen-bond acceptors (Lipinski definition) is 4. The zero-order valence-corrected chi connectivity index (χ0v) is 11.3. The lowest BCUT2D eigenvalue weighted by molar-refractivity contribution is -0.385. The number of aliphatic hydroxyl groups excluding tert-OH is 1. The van der Waals surface area contributed by atoms with Crippen molar-refractivity contribution in [3.63, 3.8) is 0 Å². The number of nitrogens with zero attached hydrogens (tertiary/aromatic N) is 1. The lowest BCUT2D eigenvalue weighted by Crippen LogP contribution is -2.10. The van der Waals surface area contributed by atoms with Crippen LogP contribution >= 0.6 is 0 Å². The number of non-ortho nitro benzene ring substituents is 1. The van der Waals surface area contributed by atoms with Gasteiger partial charge >= 0.3 is 0 Å². The Kier molecular flexibility index (Phi) is 4.49. The number of rotatable bonds is 5. The number of hydrogen-bond donors (Lipinski definition) is 1. The Balaban J connectivity index is 2.06. The maximum absolute atomic E-state index is 13.0. The highest BCUT2D eigenvalue weighted by atomic mass is 19.1. The highest BCUT2D eigenvalue weighted by Crippen LogP contribution is 2.23. The van der Waals surface area contributed by atoms with Gasteiger partial charge in [0.1, 0.15) is 24.3 Å². The molecule has 2 aromatic rings. The predicted molar refractivity (Wildman–Crippen MR) is 74.7 cm³/mol. The van der Waals surface area contributed by atoms with Crippen molar-refractivity contribution >= 4 is 5.69 Å². The summed E-state index contributed by atoms with van der Waals surface area (Å²) in [6.45, 7) is 1.62. The average molecular weight is 291 g/mol. The van der Waals surface area contributed by atoms with E-state index >= 15 is 0 Å². The number of ether oxygens (including phenoxy) is 1. The first-order valence-electron chi connectivity index (χ1n) is 6.29. The first-order valence-corrected chi connectivity index (χ1v) is 6.29. The first kappa shape index (κ1) is 14.9. The molecule has 0 aliphatic heterocycles. The van der Waals surface area contributed by atoms with E-state index in [1.165, 1.54) is 36.4 Å². The number of halogens is 1. The van der Waals surface area contributed by atoms with Gasteiger partial charge in [0.2, 0.25) is 0 Å². The van der Waals surface area contributed by atoms with E-state index in [9.17, 15) is 19.6 Å². The summed E-state index contributed by atoms with van der Waals surface area (Å²) in [5, 5.41) is 20.7. The van der Waals surface area contributed by atoms with Crippen LogP contribution in [0.4, 0.5) is 10.1 Å². The zero-order valence-electron chi connectivity index (χ0n) is 11.3. The Labute approximate surface area is 120 Å². The van der Waals surface area contributed by atoms with Crippen LogP contribution in [0.15, 0.2) is 42.5 Å². The van der Waals surface area contributed by atoms with Gasteiger partial charge in [-0.25, -0.2) is 4.39 Å². The van der Waals surface area contributed by atoms with Crippen LogP contribution in [0.25, 0.3) is 0 Å². The van der Waals surface area contributed by atoms with E-state index in [1.807, 2.05) is 0 Å². The van der Waals surface area contributed by atoms with Gasteiger partial charge < -0.3 is 9.84 Å². The van der Waals surface area contributed by atoms with E-state index in [0.29, 0.717) is 16.9 Å². The minimum absolute atomic E-state index is 0.0758. The fourth-order valence-corrected chi connectivity index (χ4v) is 1.89. The van der Waals surface area contributed by atoms with Crippen LogP contribution in [0, 0.1) is 22.9 Å². The third-order valence-corrected chi connectivity index (χ3v) is 3.00. The van der Waals surface area contributed by atoms with Gasteiger partial charge in [0.05, 0.1) is 4.92 Å². The molecule has 1 atom stereocenters. The SMILES string of the molecule is Cc1cc(F)ccc1OCC(O)c1cccc([N+](=O)[O-])c1. The summed E-state index contributed by atoms with van der Waals surface area (Å²) in [7, 11) is 0. The van der Waals surface area contributed by atoms with Crippen LogP contribution in [0.5, 0.6) is 5.75 Å². The van der Waals surface area contributed by atoms with Gasteiger partial charge in [-0.05, 0) is 36.2 Å². The van der Waals surface area contributed by atoms with Crippen molar-refractivity contribution in [2.24, 2.45) is 0 Å². The predicted octanol–water partition coefficient (Wildman–Crippen LogP) is 3.15. The number of nitro groups is 1. The van der Waals surface area contributed by atoms with Crippen LogP contribution < -0.4 is 4.74 Å². The van der Waals surface area contributed by atoms with Gasteiger partial charge in [0, 0.05) is 12.1 Å². The molecule has 0 radical (unpaired) electrons. The molecule has 0 saturated carbocycles. The van der Waals surface area contributed by atoms with Crippen molar-refractivity contribution in [3.8, 4) is 5.75 Å². The quantitative estimate of drug-likeness (QED) is 0.678. The lowest BCUT2D eigenvalue weighted by atomic mass is 10.1. The second kappa shape index (κ2) is 6.32. The third kappa shape index (κ3) is 3.76. The molecule has 0 amide bonds. The van der Waals surface area contributed by atoms with Gasteiger partial charge in [0.15, 0.2) is 0 Å². The average Bonchev–Trinajstić information content (AvgIpc) is 2.46. The van der Waals surface area contributed by atoms with Crippen LogP contribution in [0.1, 0.15) is 17.2 Å². The van der Waals surface area contributed by atoms with Crippen LogP contribution in [0.3, 0.4) is 0 Å². The third-order valence-electron chi connectivity index (χ3n) is 3.00. The molecule has 0 aliphatic carbocycles. The molecule has 0 fully saturated rings. The van der Waals surface area contributed by atoms with Crippen molar-refractivity contribution < 1.29 is 19.2 Å². The van der Waals surface area contributed by atoms with Crippen LogP contribution in [0.2, 0.25) is 0 Å². The van der Waals surface area contributed by atoms with Gasteiger partial charge in [-0.15, -0.1) is 0 Å². The highest BCUT2D eigenvalue weighted by molar-refractivity contribution is 5.36. The molecule has 0 bridgehead atoms. The summed E-state index contributed by atoms with van der Waals surface area (Å²) in [4.78, 5) is 10.2. The topological polar surface area (TPSA) is 72.6 Å². The fourth-order valence-electron chi connectivity index (χ4n) is 1.89. The number of benzene rings is 2. The van der Waals surface area contributed by atoms with Crippen molar-refractivity contribution in [2.45, 2.75) is 13.0 Å². The molecule has 0 spiro atoms. The normalized spacial score (nSPS) is 12.0. The monoisotopic (exact) mass is 291 g/mol. The van der Waals surface area contributed by atoms with E-state index in [-0.39, 0.29) is 18.1 Å². The minimum Gasteiger partial charge on any atom is -0.490 e. The van der Waals surface area contributed by atoms with Crippen molar-refractivity contribution in [1.82, 2.24) is 0 Å². The van der Waals surface area contributed by atoms with E-state index in [0.717, 1.165) is 0 Å². The summed E-state index contributed by atoms with van der Waals surface area (Å²) in [5.74, 6) is 0.0972. The van der Waals surface area contributed by atoms with E-state index in [1.54, 1.807) is 13.0 Å². The molecule has 1 N–H and O–H groups in total. The maximum atomic E-state index is 13.0. The second-order valence-corrected chi connectivity index (χ2v) is 4.59. The van der Waals surface area contributed by atoms with Gasteiger partial charge in [0.25, 0.3) is 5.69 Å². The number of nitro benzene ring substituents is 1. The second-order valence-electron chi connectivity index (χ2n) is 4.59. The van der Waals surface area contributed by atoms with Crippen molar-refractivity contribution in [1.29, 1.82) is 0 Å². The molecule has 6 heteroatoms. The van der Waals surface area contributed by atoms with Crippen molar-refractivity contribution in [3.05, 3.63) is 69.5 Å². The summed E-state index contributed by atoms with van der Waals surface area (Å²) < 4.78 is 18.4. The molecule has 0 aromatic heterocycles. The Morgan fingerprint density at radius 3 is 2.76 bits per heavy atom. The summed E-state index contributed by atoms with van der Waals surface area (Å²) >= 11 is 0. The van der Waals surface area contributed by atoms with E-state index < -0.39 is 11.0 Å². The largest absolute Gasteiger partial charge is 0.490 e. The Morgan fingerprint density at radius 1 is 1.33 bits per heavy atom. The van der Waals surface area contributed by atoms with Crippen LogP contribution in [-0.2, 0) is 0 Å². The minimum atomic E-state index is -1.01. The van der Waals surface area contributed by atoms with Crippen molar-refractivity contribution in [2.75, 3.05) is 6.61 Å². The molecular weight excluding hydrogens is 277 g/mol. The molecule has 2 aromatic carbocycles. The molecule has 0 heterocycles. The smallest absolute Gasteiger partial charge is 0.269 e. The molecule has 0 saturated heterocycles. The Bertz CT molecular complexity index is 660. The highest BCUT2D eigenvalue weighted by Gasteiger charge is 2.13. The Hall–Kier alpha value is -2.47. The van der Waals surface area contributed by atoms with E-state index in [2.05, 4.69) is 0 Å². The summed E-state index contributed by atoms with van der Waals surface area (Å²) in [6, 6.07) is 9.80. The summed E-state index contributed by atoms with van der Waals surface area (Å²) in [5.41, 5.74) is 0.912. The lowest BCUT2D eigenvalue weighted by Gasteiger charge is -2.14. The van der Waals surface area contributed by atoms with Gasteiger partial charge in [-0.3, -0.25) is 10.1 Å². The van der Waals surface area contributed by atoms with Gasteiger partial charge in [-0.1, -0.05) is 12.1 Å². The maximum Gasteiger partial charge on any atom is 0.269 e. The van der Waals surface area contributed by atoms with E-state index in [4.69, 9.17) is 4.74 Å². The molecular formula is C15H14FNO4. The molecule has 2 rings (SSSR count). The number of aryl methyl sites for hydroxylation is 1. The molecule has 110 valence electrons. The fraction of sp³-hybridized carbons (Fsp3) is 0.200. The zero-order chi connectivity index (χ0) is 15.4. The first-order chi connectivity index (χ1) is 9.97. The Morgan fingerprint density at radius 2 is 2.10 bits per heavy atom.